The van der Waals surface area contributed by atoms with E-state index in [1.54, 1.807) is 6.08 Å². The maximum atomic E-state index is 12.8. The zero-order chi connectivity index (χ0) is 38.6. The quantitative estimate of drug-likeness (QED) is 0.0289. The summed E-state index contributed by atoms with van der Waals surface area (Å²) in [6, 6.07) is -0.898. The van der Waals surface area contributed by atoms with Gasteiger partial charge in [0.2, 0.25) is 5.91 Å². The second-order valence-electron chi connectivity index (χ2n) is 14.6. The van der Waals surface area contributed by atoms with E-state index in [1.165, 1.54) is 32.1 Å². The molecule has 0 saturated carbocycles. The number of hydrogen-bond donors (Lipinski definition) is 2. The fourth-order valence-corrected chi connectivity index (χ4v) is 5.90. The maximum Gasteiger partial charge on any atom is 0.268 e. The van der Waals surface area contributed by atoms with Gasteiger partial charge in [0.1, 0.15) is 13.2 Å². The lowest BCUT2D eigenvalue weighted by Gasteiger charge is -2.29. The number of aliphatic hydroxyl groups excluding tert-OH is 1. The van der Waals surface area contributed by atoms with E-state index in [1.807, 2.05) is 27.2 Å². The number of phosphoric ester groups is 1. The minimum absolute atomic E-state index is 0.00940. The largest absolute Gasteiger partial charge is 0.756 e. The molecule has 0 aliphatic carbocycles. The van der Waals surface area contributed by atoms with Gasteiger partial charge in [0.15, 0.2) is 0 Å². The highest BCUT2D eigenvalue weighted by Gasteiger charge is 2.23. The summed E-state index contributed by atoms with van der Waals surface area (Å²) in [5.74, 6) is -0.224. The molecule has 300 valence electrons. The Bertz CT molecular complexity index is 1080. The molecule has 0 aliphatic heterocycles. The summed E-state index contributed by atoms with van der Waals surface area (Å²) in [6.45, 7) is 4.45. The van der Waals surface area contributed by atoms with E-state index in [9.17, 15) is 19.4 Å². The number of carbonyl (C=O) groups is 1. The van der Waals surface area contributed by atoms with Crippen LogP contribution in [0.25, 0.3) is 0 Å². The van der Waals surface area contributed by atoms with Gasteiger partial charge in [0, 0.05) is 6.42 Å². The summed E-state index contributed by atoms with van der Waals surface area (Å²) in [7, 11) is 1.23. The van der Waals surface area contributed by atoms with Crippen LogP contribution < -0.4 is 10.2 Å². The molecule has 52 heavy (non-hydrogen) atoms. The Hall–Kier alpha value is -2.06. The molecule has 0 fully saturated rings. The molecule has 3 atom stereocenters. The number of hydrogen-bond acceptors (Lipinski definition) is 6. The van der Waals surface area contributed by atoms with Crippen molar-refractivity contribution in [3.05, 3.63) is 72.9 Å². The van der Waals surface area contributed by atoms with Crippen molar-refractivity contribution in [3.8, 4) is 0 Å². The van der Waals surface area contributed by atoms with Gasteiger partial charge in [-0.05, 0) is 64.2 Å². The van der Waals surface area contributed by atoms with Crippen molar-refractivity contribution in [1.82, 2.24) is 5.32 Å². The number of phosphoric acid groups is 1. The molecule has 0 aromatic heterocycles. The van der Waals surface area contributed by atoms with Gasteiger partial charge in [0.05, 0.1) is 39.9 Å². The van der Waals surface area contributed by atoms with Gasteiger partial charge in [0.25, 0.3) is 7.82 Å². The monoisotopic (exact) mass is 749 g/mol. The Morgan fingerprint density at radius 2 is 1.17 bits per heavy atom. The van der Waals surface area contributed by atoms with Crippen molar-refractivity contribution in [1.29, 1.82) is 0 Å². The number of carbonyl (C=O) groups excluding carboxylic acids is 1. The minimum Gasteiger partial charge on any atom is -0.756 e. The summed E-state index contributed by atoms with van der Waals surface area (Å²) >= 11 is 0. The Balaban J connectivity index is 4.43. The molecule has 0 aromatic rings. The first kappa shape index (κ1) is 49.9. The third-order valence-electron chi connectivity index (χ3n) is 8.42. The van der Waals surface area contributed by atoms with E-state index in [0.717, 1.165) is 89.9 Å². The average Bonchev–Trinajstić information content (AvgIpc) is 3.09. The number of allylic oxidation sites excluding steroid dienone is 11. The van der Waals surface area contributed by atoms with E-state index in [2.05, 4.69) is 79.9 Å². The highest BCUT2D eigenvalue weighted by Crippen LogP contribution is 2.38. The second-order valence-corrected chi connectivity index (χ2v) is 16.0. The molecule has 9 heteroatoms. The normalized spacial score (nSPS) is 15.3. The van der Waals surface area contributed by atoms with Crippen molar-refractivity contribution in [3.63, 3.8) is 0 Å². The van der Waals surface area contributed by atoms with Gasteiger partial charge in [-0.15, -0.1) is 0 Å². The number of nitrogens with zero attached hydrogens (tertiary/aromatic N) is 1. The SMILES string of the molecule is CC/C=C\C/C=C\C/C=C\C/C=C\C/C=C\CCCCCCCC(=O)NC(COP(=O)([O-])OCC[N+](C)(C)C)C(O)/C=C/CCCCCCCCC. The number of rotatable bonds is 35. The molecule has 0 rings (SSSR count). The van der Waals surface area contributed by atoms with Crippen LogP contribution in [-0.2, 0) is 18.4 Å². The van der Waals surface area contributed by atoms with Crippen molar-refractivity contribution < 1.29 is 32.9 Å². The topological polar surface area (TPSA) is 108 Å². The summed E-state index contributed by atoms with van der Waals surface area (Å²) < 4.78 is 23.1. The van der Waals surface area contributed by atoms with Crippen molar-refractivity contribution >= 4 is 13.7 Å². The van der Waals surface area contributed by atoms with Crippen LogP contribution in [0.15, 0.2) is 72.9 Å². The lowest BCUT2D eigenvalue weighted by molar-refractivity contribution is -0.870. The molecule has 0 heterocycles. The molecule has 0 aromatic carbocycles. The standard InChI is InChI=1S/C43H77N2O6P/c1-6-8-10-12-14-16-17-18-19-20-21-22-23-24-25-26-27-29-31-33-35-37-43(47)44-41(40-51-52(48,49)50-39-38-45(3,4)5)42(46)36-34-32-30-28-15-13-11-9-7-2/h8,10,14,16,18-19,21-22,24-25,34,36,41-42,46H,6-7,9,11-13,15,17,20,23,26-33,35,37-40H2,1-5H3,(H-,44,47,48,49)/b10-8-,16-14-,19-18-,22-21-,25-24-,36-34+. The van der Waals surface area contributed by atoms with Crippen LogP contribution in [0.2, 0.25) is 0 Å². The number of unbranched alkanes of at least 4 members (excludes halogenated alkanes) is 12. The molecular formula is C43H77N2O6P. The van der Waals surface area contributed by atoms with Gasteiger partial charge in [-0.2, -0.15) is 0 Å². The van der Waals surface area contributed by atoms with E-state index in [0.29, 0.717) is 17.4 Å². The van der Waals surface area contributed by atoms with Crippen LogP contribution in [0.1, 0.15) is 142 Å². The molecular weight excluding hydrogens is 671 g/mol. The second kappa shape index (κ2) is 34.7. The molecule has 0 aliphatic rings. The summed E-state index contributed by atoms with van der Waals surface area (Å²) in [4.78, 5) is 25.2. The number of amides is 1. The number of nitrogens with one attached hydrogen (secondary N) is 1. The molecule has 0 bridgehead atoms. The fourth-order valence-electron chi connectivity index (χ4n) is 5.18. The predicted octanol–water partition coefficient (Wildman–Crippen LogP) is 10.2. The highest BCUT2D eigenvalue weighted by atomic mass is 31.2. The molecule has 2 N–H and O–H groups in total. The fraction of sp³-hybridized carbons (Fsp3) is 0.698. The number of quaternary nitrogens is 1. The maximum absolute atomic E-state index is 12.8. The van der Waals surface area contributed by atoms with Gasteiger partial charge in [-0.3, -0.25) is 9.36 Å². The van der Waals surface area contributed by atoms with Gasteiger partial charge in [-0.1, -0.05) is 145 Å². The number of likely N-dealkylation sites (N-methyl/N-ethyl adjacent to an activating group) is 1. The average molecular weight is 749 g/mol. The van der Waals surface area contributed by atoms with Gasteiger partial charge >= 0.3 is 0 Å². The smallest absolute Gasteiger partial charge is 0.268 e. The van der Waals surface area contributed by atoms with Crippen LogP contribution in [0.5, 0.6) is 0 Å². The van der Waals surface area contributed by atoms with Crippen LogP contribution in [0, 0.1) is 0 Å². The Labute approximate surface area is 319 Å². The number of aliphatic hydroxyl groups is 1. The minimum atomic E-state index is -4.59. The van der Waals surface area contributed by atoms with E-state index >= 15 is 0 Å². The molecule has 0 saturated heterocycles. The highest BCUT2D eigenvalue weighted by molar-refractivity contribution is 7.45. The van der Waals surface area contributed by atoms with Crippen molar-refractivity contribution in [2.24, 2.45) is 0 Å². The van der Waals surface area contributed by atoms with Crippen LogP contribution in [0.3, 0.4) is 0 Å². The zero-order valence-electron chi connectivity index (χ0n) is 33.7. The first-order valence-electron chi connectivity index (χ1n) is 20.3. The van der Waals surface area contributed by atoms with Crippen LogP contribution >= 0.6 is 7.82 Å². The molecule has 3 unspecified atom stereocenters. The van der Waals surface area contributed by atoms with Crippen LogP contribution in [-0.4, -0.2) is 68.5 Å². The summed E-state index contributed by atoms with van der Waals surface area (Å²) in [6.07, 6.45) is 45.2. The summed E-state index contributed by atoms with van der Waals surface area (Å²) in [5.41, 5.74) is 0. The first-order chi connectivity index (χ1) is 25.0. The first-order valence-corrected chi connectivity index (χ1v) is 21.8. The Morgan fingerprint density at radius 1 is 0.692 bits per heavy atom. The lowest BCUT2D eigenvalue weighted by atomic mass is 10.1. The molecule has 0 radical (unpaired) electrons. The Morgan fingerprint density at radius 3 is 1.71 bits per heavy atom. The van der Waals surface area contributed by atoms with Gasteiger partial charge < -0.3 is 28.8 Å². The van der Waals surface area contributed by atoms with E-state index in [-0.39, 0.29) is 12.5 Å². The lowest BCUT2D eigenvalue weighted by Crippen LogP contribution is -2.45. The summed E-state index contributed by atoms with van der Waals surface area (Å²) in [5, 5.41) is 13.7. The van der Waals surface area contributed by atoms with Crippen LogP contribution in [0.4, 0.5) is 0 Å². The molecule has 8 nitrogen and oxygen atoms in total. The third-order valence-corrected chi connectivity index (χ3v) is 9.39. The molecule has 0 spiro atoms. The van der Waals surface area contributed by atoms with E-state index < -0.39 is 26.6 Å². The third kappa shape index (κ3) is 36.3. The van der Waals surface area contributed by atoms with Crippen molar-refractivity contribution in [2.75, 3.05) is 40.9 Å². The molecule has 1 amide bonds. The van der Waals surface area contributed by atoms with Gasteiger partial charge in [-0.25, -0.2) is 0 Å². The van der Waals surface area contributed by atoms with Crippen molar-refractivity contribution in [2.45, 2.75) is 154 Å². The zero-order valence-corrected chi connectivity index (χ0v) is 34.6. The Kier molecular flexibility index (Phi) is 33.3. The predicted molar refractivity (Wildman–Crippen MR) is 219 cm³/mol. The van der Waals surface area contributed by atoms with E-state index in [4.69, 9.17) is 9.05 Å².